The highest BCUT2D eigenvalue weighted by atomic mass is 16.5. The minimum absolute atomic E-state index is 0.300. The number of anilines is 1. The molecule has 0 atom stereocenters. The molecule has 0 N–H and O–H groups in total. The minimum atomic E-state index is -0.341. The summed E-state index contributed by atoms with van der Waals surface area (Å²) in [6.07, 6.45) is 1.85. The monoisotopic (exact) mass is 443 g/mol. The first-order valence-corrected chi connectivity index (χ1v) is 11.2. The van der Waals surface area contributed by atoms with E-state index in [1.165, 1.54) is 0 Å². The molecule has 0 saturated carbocycles. The summed E-state index contributed by atoms with van der Waals surface area (Å²) in [7, 11) is 0. The topological polar surface area (TPSA) is 69.0 Å². The third-order valence-electron chi connectivity index (χ3n) is 6.09. The Kier molecular flexibility index (Phi) is 5.50. The molecule has 1 aromatic heterocycles. The quantitative estimate of drug-likeness (QED) is 0.174. The smallest absolute Gasteiger partial charge is 0.344 e. The first-order valence-electron chi connectivity index (χ1n) is 11.2. The van der Waals surface area contributed by atoms with Gasteiger partial charge in [-0.1, -0.05) is 31.5 Å². The third kappa shape index (κ3) is 3.82. The summed E-state index contributed by atoms with van der Waals surface area (Å²) in [4.78, 5) is 26.7. The summed E-state index contributed by atoms with van der Waals surface area (Å²) in [6.45, 7) is 5.42. The molecule has 0 fully saturated rings. The van der Waals surface area contributed by atoms with E-state index in [0.29, 0.717) is 36.4 Å². The molecule has 0 radical (unpaired) electrons. The number of fused-ring (bicyclic) bond motifs is 4. The standard InChI is InChI=1S/C27H25NO5/c1-3-4-13-31-26(29)18-9-11-20(12-10-18)28-15-19-14-23-21-7-5-6-8-22(21)27(30)33-25(23)17(2)24(19)32-16-28/h5-12,14H,3-4,13,15-16H2,1-2H3. The van der Waals surface area contributed by atoms with E-state index in [0.717, 1.165) is 46.2 Å². The predicted molar refractivity (Wildman–Crippen MR) is 128 cm³/mol. The number of hydrogen-bond acceptors (Lipinski definition) is 6. The molecular formula is C27H25NO5. The van der Waals surface area contributed by atoms with Gasteiger partial charge in [0.1, 0.15) is 11.3 Å². The lowest BCUT2D eigenvalue weighted by molar-refractivity contribution is 0.0500. The van der Waals surface area contributed by atoms with Gasteiger partial charge in [-0.05, 0) is 55.1 Å². The zero-order valence-corrected chi connectivity index (χ0v) is 18.7. The number of carbonyl (C=O) groups is 1. The zero-order valence-electron chi connectivity index (χ0n) is 18.7. The number of nitrogens with zero attached hydrogens (tertiary/aromatic N) is 1. The van der Waals surface area contributed by atoms with E-state index in [4.69, 9.17) is 13.9 Å². The number of aryl methyl sites for hydroxylation is 1. The highest BCUT2D eigenvalue weighted by Gasteiger charge is 2.23. The molecule has 6 heteroatoms. The molecule has 3 aromatic carbocycles. The Morgan fingerprint density at radius 2 is 1.82 bits per heavy atom. The summed E-state index contributed by atoms with van der Waals surface area (Å²) in [6, 6.07) is 16.9. The molecule has 0 bridgehead atoms. The summed E-state index contributed by atoms with van der Waals surface area (Å²) in [5, 5.41) is 2.34. The first kappa shape index (κ1) is 21.1. The molecule has 0 amide bonds. The molecule has 0 saturated heterocycles. The predicted octanol–water partition coefficient (Wildman–Crippen LogP) is 5.57. The summed E-state index contributed by atoms with van der Waals surface area (Å²) in [5.41, 5.74) is 3.57. The van der Waals surface area contributed by atoms with Crippen LogP contribution in [0.15, 0.2) is 63.8 Å². The lowest BCUT2D eigenvalue weighted by Crippen LogP contribution is -2.32. The zero-order chi connectivity index (χ0) is 22.9. The maximum atomic E-state index is 12.5. The van der Waals surface area contributed by atoms with E-state index in [1.807, 2.05) is 37.3 Å². The molecule has 1 aliphatic rings. The van der Waals surface area contributed by atoms with E-state index in [-0.39, 0.29) is 11.6 Å². The third-order valence-corrected chi connectivity index (χ3v) is 6.09. The van der Waals surface area contributed by atoms with Crippen LogP contribution in [0.4, 0.5) is 5.69 Å². The van der Waals surface area contributed by atoms with Crippen molar-refractivity contribution in [2.45, 2.75) is 33.2 Å². The molecule has 4 aromatic rings. The van der Waals surface area contributed by atoms with Gasteiger partial charge in [-0.3, -0.25) is 0 Å². The van der Waals surface area contributed by atoms with E-state index in [2.05, 4.69) is 17.9 Å². The Balaban J connectivity index is 1.45. The average molecular weight is 443 g/mol. The lowest BCUT2D eigenvalue weighted by Gasteiger charge is -2.32. The summed E-state index contributed by atoms with van der Waals surface area (Å²) < 4.78 is 17.0. The Hall–Kier alpha value is -3.80. The highest BCUT2D eigenvalue weighted by molar-refractivity contribution is 6.06. The lowest BCUT2D eigenvalue weighted by atomic mass is 10.00. The van der Waals surface area contributed by atoms with Crippen LogP contribution in [0.2, 0.25) is 0 Å². The Bertz CT molecular complexity index is 1400. The van der Waals surface area contributed by atoms with Gasteiger partial charge in [-0.15, -0.1) is 0 Å². The van der Waals surface area contributed by atoms with Crippen molar-refractivity contribution in [1.29, 1.82) is 0 Å². The van der Waals surface area contributed by atoms with Crippen molar-refractivity contribution in [1.82, 2.24) is 0 Å². The van der Waals surface area contributed by atoms with Gasteiger partial charge in [0.15, 0.2) is 6.73 Å². The van der Waals surface area contributed by atoms with Gasteiger partial charge in [0.05, 0.1) is 17.6 Å². The van der Waals surface area contributed by atoms with Crippen molar-refractivity contribution >= 4 is 33.4 Å². The second kappa shape index (κ2) is 8.62. The van der Waals surface area contributed by atoms with Gasteiger partial charge >= 0.3 is 11.6 Å². The largest absolute Gasteiger partial charge is 0.472 e. The van der Waals surface area contributed by atoms with Crippen LogP contribution in [0.1, 0.15) is 41.3 Å². The molecule has 33 heavy (non-hydrogen) atoms. The van der Waals surface area contributed by atoms with Gasteiger partial charge in [0.2, 0.25) is 0 Å². The van der Waals surface area contributed by atoms with E-state index < -0.39 is 0 Å². The second-order valence-corrected chi connectivity index (χ2v) is 8.31. The van der Waals surface area contributed by atoms with Crippen LogP contribution in [0, 0.1) is 6.92 Å². The molecule has 1 aliphatic heterocycles. The van der Waals surface area contributed by atoms with Gasteiger partial charge in [0, 0.05) is 28.7 Å². The molecule has 0 unspecified atom stereocenters. The van der Waals surface area contributed by atoms with Crippen molar-refractivity contribution in [2.75, 3.05) is 18.2 Å². The van der Waals surface area contributed by atoms with Crippen LogP contribution in [0.25, 0.3) is 21.7 Å². The van der Waals surface area contributed by atoms with Gasteiger partial charge in [0.25, 0.3) is 0 Å². The molecule has 2 heterocycles. The van der Waals surface area contributed by atoms with E-state index in [1.54, 1.807) is 18.2 Å². The van der Waals surface area contributed by atoms with Gasteiger partial charge in [-0.25, -0.2) is 9.59 Å². The molecule has 168 valence electrons. The van der Waals surface area contributed by atoms with Gasteiger partial charge in [-0.2, -0.15) is 0 Å². The molecule has 0 aliphatic carbocycles. The number of ether oxygens (including phenoxy) is 2. The Morgan fingerprint density at radius 3 is 2.58 bits per heavy atom. The van der Waals surface area contributed by atoms with Crippen molar-refractivity contribution in [3.63, 3.8) is 0 Å². The SMILES string of the molecule is CCCCOC(=O)c1ccc(N2COc3c(cc4c(oc(=O)c5ccccc54)c3C)C2)cc1. The summed E-state index contributed by atoms with van der Waals surface area (Å²) in [5.74, 6) is 0.457. The van der Waals surface area contributed by atoms with Gasteiger partial charge < -0.3 is 18.8 Å². The number of carbonyl (C=O) groups excluding carboxylic acids is 1. The normalized spacial score (nSPS) is 13.1. The molecule has 6 nitrogen and oxygen atoms in total. The fraction of sp³-hybridized carbons (Fsp3) is 0.259. The Morgan fingerprint density at radius 1 is 1.06 bits per heavy atom. The van der Waals surface area contributed by atoms with Crippen LogP contribution >= 0.6 is 0 Å². The fourth-order valence-corrected chi connectivity index (χ4v) is 4.31. The number of unbranched alkanes of at least 4 members (excludes halogenated alkanes) is 1. The van der Waals surface area contributed by atoms with Crippen LogP contribution in [0.5, 0.6) is 5.75 Å². The molecule has 0 spiro atoms. The van der Waals surface area contributed by atoms with E-state index >= 15 is 0 Å². The average Bonchev–Trinajstić information content (AvgIpc) is 2.85. The maximum absolute atomic E-state index is 12.5. The number of benzene rings is 3. The molecular weight excluding hydrogens is 418 g/mol. The first-order chi connectivity index (χ1) is 16.1. The number of rotatable bonds is 5. The highest BCUT2D eigenvalue weighted by Crippen LogP contribution is 2.38. The van der Waals surface area contributed by atoms with Crippen molar-refractivity contribution in [2.24, 2.45) is 0 Å². The van der Waals surface area contributed by atoms with Crippen molar-refractivity contribution in [3.05, 3.63) is 81.7 Å². The Labute approximate surface area is 191 Å². The maximum Gasteiger partial charge on any atom is 0.344 e. The van der Waals surface area contributed by atoms with E-state index in [9.17, 15) is 9.59 Å². The van der Waals surface area contributed by atoms with Crippen LogP contribution in [-0.4, -0.2) is 19.3 Å². The second-order valence-electron chi connectivity index (χ2n) is 8.31. The van der Waals surface area contributed by atoms with Crippen molar-refractivity contribution in [3.8, 4) is 5.75 Å². The number of hydrogen-bond donors (Lipinski definition) is 0. The minimum Gasteiger partial charge on any atom is -0.472 e. The van der Waals surface area contributed by atoms with Crippen LogP contribution in [0.3, 0.4) is 0 Å². The van der Waals surface area contributed by atoms with Crippen molar-refractivity contribution < 1.29 is 18.7 Å². The molecule has 5 rings (SSSR count). The van der Waals surface area contributed by atoms with Crippen LogP contribution < -0.4 is 15.3 Å². The fourth-order valence-electron chi connectivity index (χ4n) is 4.31. The van der Waals surface area contributed by atoms with Crippen LogP contribution in [-0.2, 0) is 11.3 Å². The number of esters is 1. The summed E-state index contributed by atoms with van der Waals surface area (Å²) >= 11 is 0.